The van der Waals surface area contributed by atoms with Crippen LogP contribution in [0.2, 0.25) is 0 Å². The fourth-order valence-corrected chi connectivity index (χ4v) is 2.38. The zero-order valence-electron chi connectivity index (χ0n) is 12.6. The summed E-state index contributed by atoms with van der Waals surface area (Å²) in [7, 11) is 0. The van der Waals surface area contributed by atoms with Crippen molar-refractivity contribution in [3.63, 3.8) is 0 Å². The van der Waals surface area contributed by atoms with Crippen LogP contribution in [0.25, 0.3) is 0 Å². The SMILES string of the molecule is CCNC(CC(C)CC)c1ccc(C(F)(F)F)cc1C. The van der Waals surface area contributed by atoms with E-state index in [-0.39, 0.29) is 6.04 Å². The smallest absolute Gasteiger partial charge is 0.310 e. The maximum Gasteiger partial charge on any atom is 0.416 e. The van der Waals surface area contributed by atoms with Crippen LogP contribution in [0, 0.1) is 12.8 Å². The maximum atomic E-state index is 12.7. The number of hydrogen-bond acceptors (Lipinski definition) is 1. The van der Waals surface area contributed by atoms with Gasteiger partial charge in [-0.2, -0.15) is 13.2 Å². The van der Waals surface area contributed by atoms with Gasteiger partial charge in [-0.25, -0.2) is 0 Å². The third-order valence-electron chi connectivity index (χ3n) is 3.76. The van der Waals surface area contributed by atoms with Gasteiger partial charge in [0.15, 0.2) is 0 Å². The van der Waals surface area contributed by atoms with Crippen molar-refractivity contribution in [2.24, 2.45) is 5.92 Å². The summed E-state index contributed by atoms with van der Waals surface area (Å²) in [5.74, 6) is 0.542. The molecule has 20 heavy (non-hydrogen) atoms. The average Bonchev–Trinajstić information content (AvgIpc) is 2.37. The molecule has 1 rings (SSSR count). The van der Waals surface area contributed by atoms with Gasteiger partial charge >= 0.3 is 6.18 Å². The third kappa shape index (κ3) is 4.51. The monoisotopic (exact) mass is 287 g/mol. The molecular weight excluding hydrogens is 263 g/mol. The topological polar surface area (TPSA) is 12.0 Å². The molecule has 1 nitrogen and oxygen atoms in total. The van der Waals surface area contributed by atoms with Gasteiger partial charge in [0.05, 0.1) is 5.56 Å². The van der Waals surface area contributed by atoms with E-state index >= 15 is 0 Å². The first kappa shape index (κ1) is 17.0. The van der Waals surface area contributed by atoms with Crippen LogP contribution in [-0.2, 0) is 6.18 Å². The number of halogens is 3. The molecule has 0 aromatic heterocycles. The van der Waals surface area contributed by atoms with Crippen LogP contribution in [-0.4, -0.2) is 6.54 Å². The minimum atomic E-state index is -4.27. The van der Waals surface area contributed by atoms with E-state index in [9.17, 15) is 13.2 Å². The Morgan fingerprint density at radius 3 is 2.30 bits per heavy atom. The van der Waals surface area contributed by atoms with Gasteiger partial charge in [-0.15, -0.1) is 0 Å². The molecule has 0 amide bonds. The van der Waals surface area contributed by atoms with Gasteiger partial charge in [0.2, 0.25) is 0 Å². The molecule has 1 aromatic rings. The van der Waals surface area contributed by atoms with E-state index in [1.807, 2.05) is 6.92 Å². The molecule has 0 heterocycles. The lowest BCUT2D eigenvalue weighted by Crippen LogP contribution is -2.24. The molecule has 0 bridgehead atoms. The molecule has 1 aromatic carbocycles. The third-order valence-corrected chi connectivity index (χ3v) is 3.76. The molecular formula is C16H24F3N. The normalized spacial score (nSPS) is 15.2. The fourth-order valence-electron chi connectivity index (χ4n) is 2.38. The standard InChI is InChI=1S/C16H24F3N/c1-5-11(3)9-15(20-6-2)14-8-7-13(10-12(14)4)16(17,18)19/h7-8,10-11,15,20H,5-6,9H2,1-4H3. The zero-order chi connectivity index (χ0) is 15.3. The Balaban J connectivity index is 3.02. The first-order valence-corrected chi connectivity index (χ1v) is 7.20. The van der Waals surface area contributed by atoms with E-state index in [2.05, 4.69) is 19.2 Å². The zero-order valence-corrected chi connectivity index (χ0v) is 12.6. The van der Waals surface area contributed by atoms with Gasteiger partial charge in [-0.05, 0) is 49.1 Å². The molecule has 0 fully saturated rings. The predicted octanol–water partition coefficient (Wildman–Crippen LogP) is 5.10. The van der Waals surface area contributed by atoms with E-state index in [1.165, 1.54) is 12.1 Å². The minimum Gasteiger partial charge on any atom is -0.310 e. The first-order valence-electron chi connectivity index (χ1n) is 7.20. The van der Waals surface area contributed by atoms with Crippen LogP contribution < -0.4 is 5.32 Å². The van der Waals surface area contributed by atoms with Gasteiger partial charge in [-0.3, -0.25) is 0 Å². The number of nitrogens with one attached hydrogen (secondary N) is 1. The van der Waals surface area contributed by atoms with Crippen LogP contribution in [0.4, 0.5) is 13.2 Å². The summed E-state index contributed by atoms with van der Waals surface area (Å²) in [6.07, 6.45) is -2.26. The summed E-state index contributed by atoms with van der Waals surface area (Å²) < 4.78 is 38.1. The maximum absolute atomic E-state index is 12.7. The van der Waals surface area contributed by atoms with Gasteiger partial charge < -0.3 is 5.32 Å². The van der Waals surface area contributed by atoms with Gasteiger partial charge in [-0.1, -0.05) is 33.3 Å². The van der Waals surface area contributed by atoms with E-state index in [0.717, 1.165) is 24.9 Å². The highest BCUT2D eigenvalue weighted by Crippen LogP contribution is 2.33. The summed E-state index contributed by atoms with van der Waals surface area (Å²) in [5.41, 5.74) is 1.10. The summed E-state index contributed by atoms with van der Waals surface area (Å²) in [4.78, 5) is 0. The Labute approximate surface area is 119 Å². The molecule has 0 aliphatic heterocycles. The highest BCUT2D eigenvalue weighted by molar-refractivity contribution is 5.34. The Kier molecular flexibility index (Phi) is 6.06. The van der Waals surface area contributed by atoms with E-state index < -0.39 is 11.7 Å². The Morgan fingerprint density at radius 2 is 1.85 bits per heavy atom. The summed E-state index contributed by atoms with van der Waals surface area (Å²) in [5, 5.41) is 3.38. The number of aryl methyl sites for hydroxylation is 1. The lowest BCUT2D eigenvalue weighted by atomic mass is 9.91. The molecule has 0 aliphatic carbocycles. The van der Waals surface area contributed by atoms with E-state index in [1.54, 1.807) is 13.0 Å². The van der Waals surface area contributed by atoms with Gasteiger partial charge in [0.1, 0.15) is 0 Å². The summed E-state index contributed by atoms with van der Waals surface area (Å²) >= 11 is 0. The van der Waals surface area contributed by atoms with Crippen molar-refractivity contribution in [3.8, 4) is 0 Å². The lowest BCUT2D eigenvalue weighted by Gasteiger charge is -2.24. The largest absolute Gasteiger partial charge is 0.416 e. The first-order chi connectivity index (χ1) is 9.29. The molecule has 0 radical (unpaired) electrons. The van der Waals surface area contributed by atoms with Crippen molar-refractivity contribution in [1.82, 2.24) is 5.32 Å². The lowest BCUT2D eigenvalue weighted by molar-refractivity contribution is -0.137. The molecule has 0 saturated carbocycles. The average molecular weight is 287 g/mol. The van der Waals surface area contributed by atoms with Crippen LogP contribution in [0.1, 0.15) is 56.3 Å². The molecule has 2 unspecified atom stereocenters. The summed E-state index contributed by atoms with van der Waals surface area (Å²) in [6, 6.07) is 4.17. The number of alkyl halides is 3. The van der Waals surface area contributed by atoms with Crippen LogP contribution in [0.5, 0.6) is 0 Å². The Hall–Kier alpha value is -1.03. The summed E-state index contributed by atoms with van der Waals surface area (Å²) in [6.45, 7) is 8.88. The molecule has 0 spiro atoms. The minimum absolute atomic E-state index is 0.122. The molecule has 114 valence electrons. The number of hydrogen-bond donors (Lipinski definition) is 1. The molecule has 0 aliphatic rings. The Morgan fingerprint density at radius 1 is 1.20 bits per heavy atom. The van der Waals surface area contributed by atoms with Crippen LogP contribution in [0.15, 0.2) is 18.2 Å². The van der Waals surface area contributed by atoms with E-state index in [0.29, 0.717) is 11.5 Å². The quantitative estimate of drug-likeness (QED) is 0.767. The van der Waals surface area contributed by atoms with E-state index in [4.69, 9.17) is 0 Å². The molecule has 4 heteroatoms. The van der Waals surface area contributed by atoms with Crippen molar-refractivity contribution < 1.29 is 13.2 Å². The molecule has 1 N–H and O–H groups in total. The van der Waals surface area contributed by atoms with Crippen molar-refractivity contribution >= 4 is 0 Å². The van der Waals surface area contributed by atoms with Crippen molar-refractivity contribution in [2.75, 3.05) is 6.54 Å². The van der Waals surface area contributed by atoms with Crippen molar-refractivity contribution in [2.45, 2.75) is 52.8 Å². The highest BCUT2D eigenvalue weighted by Gasteiger charge is 2.31. The number of rotatable bonds is 6. The van der Waals surface area contributed by atoms with Gasteiger partial charge in [0.25, 0.3) is 0 Å². The van der Waals surface area contributed by atoms with Crippen molar-refractivity contribution in [3.05, 3.63) is 34.9 Å². The highest BCUT2D eigenvalue weighted by atomic mass is 19.4. The molecule has 0 saturated heterocycles. The second-order valence-electron chi connectivity index (χ2n) is 5.43. The number of benzene rings is 1. The molecule has 2 atom stereocenters. The van der Waals surface area contributed by atoms with Gasteiger partial charge in [0, 0.05) is 6.04 Å². The second-order valence-corrected chi connectivity index (χ2v) is 5.43. The van der Waals surface area contributed by atoms with Crippen LogP contribution in [0.3, 0.4) is 0 Å². The second kappa shape index (κ2) is 7.11. The van der Waals surface area contributed by atoms with Crippen LogP contribution >= 0.6 is 0 Å². The predicted molar refractivity (Wildman–Crippen MR) is 76.7 cm³/mol. The van der Waals surface area contributed by atoms with Crippen molar-refractivity contribution in [1.29, 1.82) is 0 Å². The Bertz CT molecular complexity index is 426. The fraction of sp³-hybridized carbons (Fsp3) is 0.625.